The lowest BCUT2D eigenvalue weighted by atomic mass is 10.1. The van der Waals surface area contributed by atoms with Gasteiger partial charge in [-0.2, -0.15) is 0 Å². The maximum Gasteiger partial charge on any atom is 0.142 e. The van der Waals surface area contributed by atoms with Crippen LogP contribution < -0.4 is 15.0 Å². The molecule has 1 unspecified atom stereocenters. The summed E-state index contributed by atoms with van der Waals surface area (Å²) in [5.41, 5.74) is 4.98. The van der Waals surface area contributed by atoms with E-state index in [4.69, 9.17) is 4.74 Å². The van der Waals surface area contributed by atoms with Crippen LogP contribution in [-0.4, -0.2) is 25.7 Å². The second kappa shape index (κ2) is 6.95. The van der Waals surface area contributed by atoms with E-state index < -0.39 is 0 Å². The normalized spacial score (nSPS) is 16.2. The summed E-state index contributed by atoms with van der Waals surface area (Å²) < 4.78 is 6.14. The maximum atomic E-state index is 6.14. The molecule has 0 fully saturated rings. The van der Waals surface area contributed by atoms with Crippen molar-refractivity contribution in [1.82, 2.24) is 0 Å². The summed E-state index contributed by atoms with van der Waals surface area (Å²) in [6, 6.07) is 15.2. The van der Waals surface area contributed by atoms with Gasteiger partial charge in [0.2, 0.25) is 0 Å². The van der Waals surface area contributed by atoms with Gasteiger partial charge in [0.15, 0.2) is 0 Å². The average molecular weight is 310 g/mol. The first kappa shape index (κ1) is 15.7. The number of aryl methyl sites for hydroxylation is 1. The number of benzene rings is 2. The minimum atomic E-state index is 0.185. The largest absolute Gasteiger partial charge is 0.486 e. The maximum absolute atomic E-state index is 6.14. The van der Waals surface area contributed by atoms with Gasteiger partial charge in [0.05, 0.1) is 12.2 Å². The van der Waals surface area contributed by atoms with Gasteiger partial charge >= 0.3 is 0 Å². The topological polar surface area (TPSA) is 24.5 Å². The molecule has 0 saturated carbocycles. The Hall–Kier alpha value is -2.16. The molecule has 1 N–H and O–H groups in total. The fraction of sp³-hybridized carbons (Fsp3) is 0.400. The number of fused-ring (bicyclic) bond motifs is 1. The molecule has 3 nitrogen and oxygen atoms in total. The van der Waals surface area contributed by atoms with Crippen LogP contribution in [0.25, 0.3) is 0 Å². The lowest BCUT2D eigenvalue weighted by molar-refractivity contribution is 0.206. The Morgan fingerprint density at radius 1 is 1.09 bits per heavy atom. The summed E-state index contributed by atoms with van der Waals surface area (Å²) in [4.78, 5) is 2.36. The molecule has 3 rings (SSSR count). The van der Waals surface area contributed by atoms with E-state index >= 15 is 0 Å². The van der Waals surface area contributed by atoms with Gasteiger partial charge in [0.25, 0.3) is 0 Å². The summed E-state index contributed by atoms with van der Waals surface area (Å²) in [6.07, 6.45) is 1.11. The van der Waals surface area contributed by atoms with Crippen molar-refractivity contribution in [2.75, 3.05) is 29.9 Å². The summed E-state index contributed by atoms with van der Waals surface area (Å²) in [7, 11) is 0. The Morgan fingerprint density at radius 3 is 2.52 bits per heavy atom. The SMILES string of the molecule is CCN(CC)c1ccc(CC2CNc3cc(C)ccc3O2)cc1. The van der Waals surface area contributed by atoms with Crippen molar-refractivity contribution in [2.24, 2.45) is 0 Å². The molecule has 0 amide bonds. The van der Waals surface area contributed by atoms with E-state index in [-0.39, 0.29) is 6.10 Å². The van der Waals surface area contributed by atoms with Crippen LogP contribution in [0, 0.1) is 6.92 Å². The third-order valence-electron chi connectivity index (χ3n) is 4.48. The third kappa shape index (κ3) is 3.61. The van der Waals surface area contributed by atoms with Crippen molar-refractivity contribution in [3.05, 3.63) is 53.6 Å². The Bertz CT molecular complexity index is 647. The number of ether oxygens (including phenoxy) is 1. The first-order valence-corrected chi connectivity index (χ1v) is 8.54. The lowest BCUT2D eigenvalue weighted by Gasteiger charge is -2.28. The molecule has 3 heteroatoms. The van der Waals surface area contributed by atoms with Crippen molar-refractivity contribution in [3.63, 3.8) is 0 Å². The smallest absolute Gasteiger partial charge is 0.142 e. The molecule has 1 aliphatic rings. The van der Waals surface area contributed by atoms with Crippen molar-refractivity contribution in [3.8, 4) is 5.75 Å². The fourth-order valence-electron chi connectivity index (χ4n) is 3.14. The quantitative estimate of drug-likeness (QED) is 0.893. The fourth-order valence-corrected chi connectivity index (χ4v) is 3.14. The molecule has 2 aromatic carbocycles. The van der Waals surface area contributed by atoms with E-state index in [0.29, 0.717) is 0 Å². The molecule has 1 atom stereocenters. The van der Waals surface area contributed by atoms with Crippen molar-refractivity contribution in [1.29, 1.82) is 0 Å². The van der Waals surface area contributed by atoms with Crippen LogP contribution in [0.5, 0.6) is 5.75 Å². The van der Waals surface area contributed by atoms with Crippen LogP contribution in [-0.2, 0) is 6.42 Å². The molecule has 1 heterocycles. The Kier molecular flexibility index (Phi) is 4.75. The number of nitrogens with zero attached hydrogens (tertiary/aromatic N) is 1. The highest BCUT2D eigenvalue weighted by Crippen LogP contribution is 2.30. The van der Waals surface area contributed by atoms with Crippen molar-refractivity contribution in [2.45, 2.75) is 33.3 Å². The van der Waals surface area contributed by atoms with E-state index in [0.717, 1.165) is 37.5 Å². The molecule has 0 aliphatic carbocycles. The van der Waals surface area contributed by atoms with Gasteiger partial charge in [-0.3, -0.25) is 0 Å². The summed E-state index contributed by atoms with van der Waals surface area (Å²) >= 11 is 0. The second-order valence-electron chi connectivity index (χ2n) is 6.16. The zero-order valence-electron chi connectivity index (χ0n) is 14.3. The molecule has 2 aromatic rings. The number of anilines is 2. The average Bonchev–Trinajstić information content (AvgIpc) is 2.57. The standard InChI is InChI=1S/C20H26N2O/c1-4-22(5-2)17-9-7-16(8-10-17)13-18-14-21-19-12-15(3)6-11-20(19)23-18/h6-12,18,21H,4-5,13-14H2,1-3H3. The van der Waals surface area contributed by atoms with Gasteiger partial charge in [-0.1, -0.05) is 18.2 Å². The summed E-state index contributed by atoms with van der Waals surface area (Å²) in [6.45, 7) is 9.43. The molecule has 0 bridgehead atoms. The van der Waals surface area contributed by atoms with Crippen molar-refractivity contribution >= 4 is 11.4 Å². The molecular weight excluding hydrogens is 284 g/mol. The highest BCUT2D eigenvalue weighted by molar-refractivity contribution is 5.59. The van der Waals surface area contributed by atoms with Crippen LogP contribution in [0.3, 0.4) is 0 Å². The monoisotopic (exact) mass is 310 g/mol. The van der Waals surface area contributed by atoms with Crippen LogP contribution in [0.4, 0.5) is 11.4 Å². The summed E-state index contributed by atoms with van der Waals surface area (Å²) in [5, 5.41) is 3.49. The van der Waals surface area contributed by atoms with Crippen molar-refractivity contribution < 1.29 is 4.74 Å². The third-order valence-corrected chi connectivity index (χ3v) is 4.48. The second-order valence-corrected chi connectivity index (χ2v) is 6.16. The van der Waals surface area contributed by atoms with E-state index in [1.807, 2.05) is 0 Å². The van der Waals surface area contributed by atoms with E-state index in [9.17, 15) is 0 Å². The molecule has 0 spiro atoms. The predicted octanol–water partition coefficient (Wildman–Crippen LogP) is 4.26. The van der Waals surface area contributed by atoms with Gasteiger partial charge in [-0.05, 0) is 56.2 Å². The van der Waals surface area contributed by atoms with Crippen LogP contribution in [0.2, 0.25) is 0 Å². The minimum absolute atomic E-state index is 0.185. The minimum Gasteiger partial charge on any atom is -0.486 e. The number of nitrogens with one attached hydrogen (secondary N) is 1. The molecule has 0 saturated heterocycles. The first-order valence-electron chi connectivity index (χ1n) is 8.54. The predicted molar refractivity (Wildman–Crippen MR) is 97.8 cm³/mol. The van der Waals surface area contributed by atoms with E-state index in [1.54, 1.807) is 0 Å². The van der Waals surface area contributed by atoms with Gasteiger partial charge < -0.3 is 15.0 Å². The van der Waals surface area contributed by atoms with E-state index in [1.165, 1.54) is 16.8 Å². The molecule has 23 heavy (non-hydrogen) atoms. The molecule has 0 aromatic heterocycles. The first-order chi connectivity index (χ1) is 11.2. The molecule has 0 radical (unpaired) electrons. The number of hydrogen-bond donors (Lipinski definition) is 1. The molecule has 1 aliphatic heterocycles. The van der Waals surface area contributed by atoms with Gasteiger partial charge in [-0.25, -0.2) is 0 Å². The van der Waals surface area contributed by atoms with E-state index in [2.05, 4.69) is 73.5 Å². The Balaban J connectivity index is 1.65. The zero-order chi connectivity index (χ0) is 16.2. The summed E-state index contributed by atoms with van der Waals surface area (Å²) in [5.74, 6) is 0.964. The zero-order valence-corrected chi connectivity index (χ0v) is 14.3. The Labute approximate surface area is 139 Å². The highest BCUT2D eigenvalue weighted by Gasteiger charge is 2.19. The Morgan fingerprint density at radius 2 is 1.83 bits per heavy atom. The van der Waals surface area contributed by atoms with Crippen LogP contribution in [0.15, 0.2) is 42.5 Å². The van der Waals surface area contributed by atoms with Crippen LogP contribution >= 0.6 is 0 Å². The molecular formula is C20H26N2O. The lowest BCUT2D eigenvalue weighted by Crippen LogP contribution is -2.32. The van der Waals surface area contributed by atoms with Crippen LogP contribution in [0.1, 0.15) is 25.0 Å². The van der Waals surface area contributed by atoms with Gasteiger partial charge in [0.1, 0.15) is 11.9 Å². The number of rotatable bonds is 5. The molecule has 122 valence electrons. The highest BCUT2D eigenvalue weighted by atomic mass is 16.5. The number of hydrogen-bond acceptors (Lipinski definition) is 3. The van der Waals surface area contributed by atoms with Gasteiger partial charge in [-0.15, -0.1) is 0 Å². The van der Waals surface area contributed by atoms with Gasteiger partial charge in [0, 0.05) is 25.2 Å².